The van der Waals surface area contributed by atoms with Gasteiger partial charge in [-0.2, -0.15) is 0 Å². The summed E-state index contributed by atoms with van der Waals surface area (Å²) in [4.78, 5) is 25.6. The Morgan fingerprint density at radius 2 is 1.74 bits per heavy atom. The van der Waals surface area contributed by atoms with Crippen LogP contribution in [0, 0.1) is 12.8 Å². The Labute approximate surface area is 135 Å². The Morgan fingerprint density at radius 1 is 1.09 bits per heavy atom. The van der Waals surface area contributed by atoms with Crippen molar-refractivity contribution in [2.45, 2.75) is 19.8 Å². The Kier molecular flexibility index (Phi) is 3.90. The van der Waals surface area contributed by atoms with E-state index in [4.69, 9.17) is 0 Å². The lowest BCUT2D eigenvalue weighted by Gasteiger charge is -2.22. The highest BCUT2D eigenvalue weighted by molar-refractivity contribution is 6.00. The molecule has 23 heavy (non-hydrogen) atoms. The van der Waals surface area contributed by atoms with E-state index >= 15 is 0 Å². The van der Waals surface area contributed by atoms with E-state index in [9.17, 15) is 14.7 Å². The summed E-state index contributed by atoms with van der Waals surface area (Å²) in [6, 6.07) is 13.2. The third-order valence-electron chi connectivity index (χ3n) is 4.34. The fraction of sp³-hybridized carbons (Fsp3) is 0.263. The van der Waals surface area contributed by atoms with Gasteiger partial charge in [0, 0.05) is 18.7 Å². The topological polar surface area (TPSA) is 57.6 Å². The number of carboxylic acid groups (broad SMARTS) is 1. The zero-order chi connectivity index (χ0) is 16.6. The molecule has 3 rings (SSSR count). The van der Waals surface area contributed by atoms with Gasteiger partial charge < -0.3 is 10.0 Å². The monoisotopic (exact) mass is 309 g/mol. The van der Waals surface area contributed by atoms with E-state index in [0.29, 0.717) is 11.3 Å². The molecular weight excluding hydrogens is 290 g/mol. The molecule has 4 nitrogen and oxygen atoms in total. The first kappa shape index (κ1) is 15.3. The van der Waals surface area contributed by atoms with Crippen molar-refractivity contribution in [3.05, 3.63) is 53.6 Å². The zero-order valence-corrected chi connectivity index (χ0v) is 13.2. The number of amides is 1. The number of benzene rings is 2. The van der Waals surface area contributed by atoms with Gasteiger partial charge in [-0.3, -0.25) is 4.79 Å². The van der Waals surface area contributed by atoms with Crippen LogP contribution in [0.25, 0.3) is 11.1 Å². The lowest BCUT2D eigenvalue weighted by Crippen LogP contribution is -2.28. The van der Waals surface area contributed by atoms with Crippen LogP contribution in [0.1, 0.15) is 28.8 Å². The summed E-state index contributed by atoms with van der Waals surface area (Å²) in [5.74, 6) is -0.823. The van der Waals surface area contributed by atoms with Crippen LogP contribution in [-0.4, -0.2) is 24.0 Å². The van der Waals surface area contributed by atoms with E-state index < -0.39 is 5.97 Å². The van der Waals surface area contributed by atoms with Crippen LogP contribution in [0.4, 0.5) is 5.69 Å². The third-order valence-corrected chi connectivity index (χ3v) is 4.34. The maximum atomic E-state index is 12.4. The van der Waals surface area contributed by atoms with Crippen LogP contribution in [-0.2, 0) is 4.79 Å². The minimum absolute atomic E-state index is 0.0645. The lowest BCUT2D eigenvalue weighted by molar-refractivity contribution is -0.119. The molecule has 1 fully saturated rings. The molecule has 0 aliphatic heterocycles. The van der Waals surface area contributed by atoms with Crippen LogP contribution < -0.4 is 4.90 Å². The molecular formula is C19H19NO3. The van der Waals surface area contributed by atoms with Gasteiger partial charge in [-0.25, -0.2) is 4.79 Å². The molecule has 0 heterocycles. The molecule has 2 aromatic carbocycles. The van der Waals surface area contributed by atoms with Crippen molar-refractivity contribution in [1.82, 2.24) is 0 Å². The fourth-order valence-electron chi connectivity index (χ4n) is 2.79. The minimum atomic E-state index is -0.978. The minimum Gasteiger partial charge on any atom is -0.478 e. The largest absolute Gasteiger partial charge is 0.478 e. The van der Waals surface area contributed by atoms with Gasteiger partial charge in [0.2, 0.25) is 5.91 Å². The Hall–Kier alpha value is -2.62. The van der Waals surface area contributed by atoms with Gasteiger partial charge in [0.15, 0.2) is 0 Å². The molecule has 4 heteroatoms. The number of hydrogen-bond donors (Lipinski definition) is 1. The third kappa shape index (κ3) is 2.97. The molecule has 0 saturated heterocycles. The summed E-state index contributed by atoms with van der Waals surface area (Å²) in [5, 5.41) is 9.50. The number of aromatic carboxylic acids is 1. The normalized spacial score (nSPS) is 13.7. The first-order valence-electron chi connectivity index (χ1n) is 7.70. The molecule has 1 amide bonds. The van der Waals surface area contributed by atoms with E-state index in [2.05, 4.69) is 0 Å². The van der Waals surface area contributed by atoms with Gasteiger partial charge in [-0.15, -0.1) is 0 Å². The number of rotatable bonds is 4. The van der Waals surface area contributed by atoms with Crippen molar-refractivity contribution in [3.63, 3.8) is 0 Å². The van der Waals surface area contributed by atoms with E-state index in [1.165, 1.54) is 0 Å². The molecule has 2 aromatic rings. The van der Waals surface area contributed by atoms with Gasteiger partial charge in [-0.1, -0.05) is 30.3 Å². The standard InChI is InChI=1S/C19H19NO3/c1-12-16(19(22)23)10-15(13-6-4-3-5-7-13)11-17(12)20(2)18(21)14-8-9-14/h3-7,10-11,14H,8-9H2,1-2H3,(H,22,23). The molecule has 1 saturated carbocycles. The molecule has 0 radical (unpaired) electrons. The predicted octanol–water partition coefficient (Wildman–Crippen LogP) is 3.73. The van der Waals surface area contributed by atoms with E-state index in [1.54, 1.807) is 24.9 Å². The smallest absolute Gasteiger partial charge is 0.336 e. The van der Waals surface area contributed by atoms with Crippen LogP contribution in [0.2, 0.25) is 0 Å². The summed E-state index contributed by atoms with van der Waals surface area (Å²) in [7, 11) is 1.73. The maximum Gasteiger partial charge on any atom is 0.336 e. The quantitative estimate of drug-likeness (QED) is 0.936. The van der Waals surface area contributed by atoms with Crippen LogP contribution in [0.5, 0.6) is 0 Å². The van der Waals surface area contributed by atoms with E-state index in [-0.39, 0.29) is 17.4 Å². The highest BCUT2D eigenvalue weighted by Gasteiger charge is 2.33. The van der Waals surface area contributed by atoms with Gasteiger partial charge in [-0.05, 0) is 48.6 Å². The maximum absolute atomic E-state index is 12.4. The Bertz CT molecular complexity index is 764. The number of carbonyl (C=O) groups excluding carboxylic acids is 1. The average molecular weight is 309 g/mol. The lowest BCUT2D eigenvalue weighted by atomic mass is 9.97. The van der Waals surface area contributed by atoms with Crippen LogP contribution >= 0.6 is 0 Å². The predicted molar refractivity (Wildman–Crippen MR) is 89.7 cm³/mol. The highest BCUT2D eigenvalue weighted by Crippen LogP contribution is 2.35. The molecule has 0 aromatic heterocycles. The molecule has 0 spiro atoms. The molecule has 0 unspecified atom stereocenters. The SMILES string of the molecule is Cc1c(C(=O)O)cc(-c2ccccc2)cc1N(C)C(=O)C1CC1. The van der Waals surface area contributed by atoms with Gasteiger partial charge in [0.1, 0.15) is 0 Å². The molecule has 118 valence electrons. The molecule has 0 atom stereocenters. The summed E-state index contributed by atoms with van der Waals surface area (Å²) >= 11 is 0. The first-order chi connectivity index (χ1) is 11.0. The van der Waals surface area contributed by atoms with Crippen molar-refractivity contribution >= 4 is 17.6 Å². The van der Waals surface area contributed by atoms with Crippen molar-refractivity contribution in [2.24, 2.45) is 5.92 Å². The van der Waals surface area contributed by atoms with Crippen molar-refractivity contribution < 1.29 is 14.7 Å². The highest BCUT2D eigenvalue weighted by atomic mass is 16.4. The Morgan fingerprint density at radius 3 is 2.30 bits per heavy atom. The molecule has 1 aliphatic rings. The Balaban J connectivity index is 2.12. The summed E-state index contributed by atoms with van der Waals surface area (Å²) in [5.41, 5.74) is 3.26. The van der Waals surface area contributed by atoms with Crippen molar-refractivity contribution in [1.29, 1.82) is 0 Å². The summed E-state index contributed by atoms with van der Waals surface area (Å²) in [6.07, 6.45) is 1.85. The van der Waals surface area contributed by atoms with E-state index in [1.807, 2.05) is 36.4 Å². The number of carbonyl (C=O) groups is 2. The van der Waals surface area contributed by atoms with Crippen LogP contribution in [0.3, 0.4) is 0 Å². The number of nitrogens with zero attached hydrogens (tertiary/aromatic N) is 1. The number of hydrogen-bond acceptors (Lipinski definition) is 2. The van der Waals surface area contributed by atoms with Gasteiger partial charge in [0.25, 0.3) is 0 Å². The number of anilines is 1. The molecule has 0 bridgehead atoms. The summed E-state index contributed by atoms with van der Waals surface area (Å²) < 4.78 is 0. The fourth-order valence-corrected chi connectivity index (χ4v) is 2.79. The van der Waals surface area contributed by atoms with Gasteiger partial charge >= 0.3 is 5.97 Å². The average Bonchev–Trinajstić information content (AvgIpc) is 3.39. The number of carboxylic acids is 1. The second-order valence-corrected chi connectivity index (χ2v) is 6.01. The zero-order valence-electron chi connectivity index (χ0n) is 13.2. The first-order valence-corrected chi connectivity index (χ1v) is 7.70. The summed E-state index contributed by atoms with van der Waals surface area (Å²) in [6.45, 7) is 1.75. The second-order valence-electron chi connectivity index (χ2n) is 6.01. The van der Waals surface area contributed by atoms with E-state index in [0.717, 1.165) is 24.0 Å². The van der Waals surface area contributed by atoms with Crippen molar-refractivity contribution in [2.75, 3.05) is 11.9 Å². The van der Waals surface area contributed by atoms with Crippen molar-refractivity contribution in [3.8, 4) is 11.1 Å². The molecule has 1 N–H and O–H groups in total. The second kappa shape index (κ2) is 5.88. The van der Waals surface area contributed by atoms with Gasteiger partial charge in [0.05, 0.1) is 5.56 Å². The van der Waals surface area contributed by atoms with Crippen LogP contribution in [0.15, 0.2) is 42.5 Å². The molecule has 1 aliphatic carbocycles.